The highest BCUT2D eigenvalue weighted by Gasteiger charge is 2.68. The molecule has 31 heavy (non-hydrogen) atoms. The van der Waals surface area contributed by atoms with E-state index >= 15 is 0 Å². The van der Waals surface area contributed by atoms with Gasteiger partial charge in [0.1, 0.15) is 5.54 Å². The highest BCUT2D eigenvalue weighted by molar-refractivity contribution is 7.98. The standard InChI is InChI=1S/C24H26N2O4S/c1-15-9-7-8-12-17(15)20-18-19(24(25-20,13-14-31-3)23(29)30-2)22(28)26(21(18)27)16-10-5-4-6-11-16/h4-12,18-20,25H,13-14H2,1-3H3/t18-,19+,20+,24+/m1/s1. The van der Waals surface area contributed by atoms with Crippen LogP contribution in [0, 0.1) is 18.8 Å². The van der Waals surface area contributed by atoms with E-state index in [4.69, 9.17) is 4.74 Å². The second-order valence-corrected chi connectivity index (χ2v) is 9.02. The molecule has 2 aromatic carbocycles. The van der Waals surface area contributed by atoms with Crippen molar-refractivity contribution in [3.05, 3.63) is 65.7 Å². The van der Waals surface area contributed by atoms with Crippen LogP contribution in [0.1, 0.15) is 23.6 Å². The molecule has 2 heterocycles. The lowest BCUT2D eigenvalue weighted by molar-refractivity contribution is -0.152. The topological polar surface area (TPSA) is 75.7 Å². The molecule has 2 amide bonds. The van der Waals surface area contributed by atoms with Crippen LogP contribution in [0.4, 0.5) is 5.69 Å². The molecule has 4 rings (SSSR count). The van der Waals surface area contributed by atoms with Crippen molar-refractivity contribution in [1.29, 1.82) is 0 Å². The fourth-order valence-electron chi connectivity index (χ4n) is 5.00. The van der Waals surface area contributed by atoms with Crippen molar-refractivity contribution < 1.29 is 19.1 Å². The summed E-state index contributed by atoms with van der Waals surface area (Å²) in [6.45, 7) is 1.97. The number of nitrogens with one attached hydrogen (secondary N) is 1. The molecule has 2 aliphatic heterocycles. The number of ether oxygens (including phenoxy) is 1. The molecule has 1 N–H and O–H groups in total. The maximum Gasteiger partial charge on any atom is 0.326 e. The van der Waals surface area contributed by atoms with Gasteiger partial charge in [0.15, 0.2) is 0 Å². The molecule has 2 aliphatic rings. The number of para-hydroxylation sites is 1. The van der Waals surface area contributed by atoms with Crippen molar-refractivity contribution in [2.75, 3.05) is 24.0 Å². The van der Waals surface area contributed by atoms with E-state index in [2.05, 4.69) is 5.32 Å². The van der Waals surface area contributed by atoms with Crippen molar-refractivity contribution >= 4 is 35.2 Å². The van der Waals surface area contributed by atoms with Gasteiger partial charge in [-0.25, -0.2) is 4.90 Å². The van der Waals surface area contributed by atoms with E-state index in [9.17, 15) is 14.4 Å². The van der Waals surface area contributed by atoms with Gasteiger partial charge in [-0.1, -0.05) is 42.5 Å². The molecule has 0 unspecified atom stereocenters. The van der Waals surface area contributed by atoms with Crippen molar-refractivity contribution in [3.8, 4) is 0 Å². The number of carbonyl (C=O) groups is 3. The first-order valence-corrected chi connectivity index (χ1v) is 11.7. The number of thioether (sulfide) groups is 1. The predicted molar refractivity (Wildman–Crippen MR) is 121 cm³/mol. The van der Waals surface area contributed by atoms with E-state index in [0.717, 1.165) is 11.1 Å². The maximum atomic E-state index is 13.7. The van der Waals surface area contributed by atoms with Gasteiger partial charge >= 0.3 is 5.97 Å². The minimum atomic E-state index is -1.26. The average Bonchev–Trinajstić information content (AvgIpc) is 3.27. The quantitative estimate of drug-likeness (QED) is 0.552. The Bertz CT molecular complexity index is 1010. The largest absolute Gasteiger partial charge is 0.468 e. The number of carbonyl (C=O) groups excluding carboxylic acids is 3. The van der Waals surface area contributed by atoms with Crippen LogP contribution in [-0.2, 0) is 19.1 Å². The van der Waals surface area contributed by atoms with Crippen LogP contribution in [0.5, 0.6) is 0 Å². The molecular weight excluding hydrogens is 412 g/mol. The number of aryl methyl sites for hydroxylation is 1. The molecule has 6 nitrogen and oxygen atoms in total. The zero-order valence-corrected chi connectivity index (χ0v) is 18.6. The Labute approximate surface area is 186 Å². The smallest absolute Gasteiger partial charge is 0.326 e. The van der Waals surface area contributed by atoms with Crippen LogP contribution in [-0.4, -0.2) is 42.4 Å². The summed E-state index contributed by atoms with van der Waals surface area (Å²) in [6, 6.07) is 16.2. The lowest BCUT2D eigenvalue weighted by atomic mass is 9.77. The Kier molecular flexibility index (Phi) is 5.90. The second-order valence-electron chi connectivity index (χ2n) is 8.04. The lowest BCUT2D eigenvalue weighted by Gasteiger charge is -2.32. The maximum absolute atomic E-state index is 13.7. The zero-order valence-electron chi connectivity index (χ0n) is 17.8. The third kappa shape index (κ3) is 3.36. The Morgan fingerprint density at radius 3 is 2.42 bits per heavy atom. The van der Waals surface area contributed by atoms with Gasteiger partial charge in [-0.3, -0.25) is 19.7 Å². The second kappa shape index (κ2) is 8.48. The highest BCUT2D eigenvalue weighted by Crippen LogP contribution is 2.51. The van der Waals surface area contributed by atoms with Crippen molar-refractivity contribution in [3.63, 3.8) is 0 Å². The molecule has 0 spiro atoms. The molecule has 0 bridgehead atoms. The lowest BCUT2D eigenvalue weighted by Crippen LogP contribution is -2.56. The van der Waals surface area contributed by atoms with Crippen LogP contribution >= 0.6 is 11.8 Å². The summed E-state index contributed by atoms with van der Waals surface area (Å²) in [5.74, 6) is -1.99. The molecule has 7 heteroatoms. The van der Waals surface area contributed by atoms with Crippen LogP contribution in [0.15, 0.2) is 54.6 Å². The molecule has 2 aromatic rings. The van der Waals surface area contributed by atoms with E-state index in [1.54, 1.807) is 36.0 Å². The van der Waals surface area contributed by atoms with E-state index in [-0.39, 0.29) is 11.8 Å². The van der Waals surface area contributed by atoms with Gasteiger partial charge in [-0.2, -0.15) is 11.8 Å². The minimum Gasteiger partial charge on any atom is -0.468 e. The molecule has 2 saturated heterocycles. The van der Waals surface area contributed by atoms with E-state index < -0.39 is 29.4 Å². The molecule has 0 saturated carbocycles. The van der Waals surface area contributed by atoms with Crippen LogP contribution in [0.2, 0.25) is 0 Å². The Balaban J connectivity index is 1.88. The molecular formula is C24H26N2O4S. The van der Waals surface area contributed by atoms with Crippen LogP contribution in [0.3, 0.4) is 0 Å². The average molecular weight is 439 g/mol. The van der Waals surface area contributed by atoms with Crippen LogP contribution in [0.25, 0.3) is 0 Å². The van der Waals surface area contributed by atoms with E-state index in [0.29, 0.717) is 17.9 Å². The number of imide groups is 1. The number of esters is 1. The predicted octanol–water partition coefficient (Wildman–Crippen LogP) is 3.11. The molecule has 0 radical (unpaired) electrons. The summed E-state index contributed by atoms with van der Waals surface area (Å²) in [7, 11) is 1.33. The van der Waals surface area contributed by atoms with Gasteiger partial charge in [0.25, 0.3) is 0 Å². The van der Waals surface area contributed by atoms with Gasteiger partial charge in [0, 0.05) is 6.04 Å². The number of rotatable bonds is 6. The molecule has 162 valence electrons. The number of methoxy groups -OCH3 is 1. The SMILES string of the molecule is COC(=O)[C@@]1(CCSC)N[C@@H](c2ccccc2C)[C@@H]2C(=O)N(c3ccccc3)C(=O)[C@H]21. The third-order valence-corrected chi connectivity index (χ3v) is 7.05. The van der Waals surface area contributed by atoms with Crippen molar-refractivity contribution in [2.45, 2.75) is 24.9 Å². The number of nitrogens with zero attached hydrogens (tertiary/aromatic N) is 1. The molecule has 4 atom stereocenters. The summed E-state index contributed by atoms with van der Waals surface area (Å²) >= 11 is 1.59. The van der Waals surface area contributed by atoms with E-state index in [1.807, 2.05) is 43.5 Å². The number of anilines is 1. The Morgan fingerprint density at radius 2 is 1.77 bits per heavy atom. The number of hydrogen-bond acceptors (Lipinski definition) is 6. The number of hydrogen-bond donors (Lipinski definition) is 1. The highest BCUT2D eigenvalue weighted by atomic mass is 32.2. The molecule has 0 aliphatic carbocycles. The number of fused-ring (bicyclic) bond motifs is 1. The summed E-state index contributed by atoms with van der Waals surface area (Å²) in [4.78, 5) is 41.8. The van der Waals surface area contributed by atoms with Gasteiger partial charge in [-0.15, -0.1) is 0 Å². The summed E-state index contributed by atoms with van der Waals surface area (Å²) in [5, 5.41) is 3.43. The third-order valence-electron chi connectivity index (χ3n) is 6.44. The Morgan fingerprint density at radius 1 is 1.10 bits per heavy atom. The van der Waals surface area contributed by atoms with E-state index in [1.165, 1.54) is 12.0 Å². The molecule has 2 fully saturated rings. The first-order valence-electron chi connectivity index (χ1n) is 10.3. The Hall–Kier alpha value is -2.64. The van der Waals surface area contributed by atoms with Crippen LogP contribution < -0.4 is 10.2 Å². The molecule has 0 aromatic heterocycles. The van der Waals surface area contributed by atoms with Gasteiger partial charge in [-0.05, 0) is 48.6 Å². The summed E-state index contributed by atoms with van der Waals surface area (Å²) in [5.41, 5.74) is 1.19. The number of benzene rings is 2. The number of amides is 2. The minimum absolute atomic E-state index is 0.281. The fourth-order valence-corrected chi connectivity index (χ4v) is 5.53. The summed E-state index contributed by atoms with van der Waals surface area (Å²) < 4.78 is 5.19. The first-order chi connectivity index (χ1) is 15.0. The monoisotopic (exact) mass is 438 g/mol. The fraction of sp³-hybridized carbons (Fsp3) is 0.375. The van der Waals surface area contributed by atoms with Crippen molar-refractivity contribution in [2.24, 2.45) is 11.8 Å². The van der Waals surface area contributed by atoms with Gasteiger partial charge < -0.3 is 4.74 Å². The summed E-state index contributed by atoms with van der Waals surface area (Å²) in [6.07, 6.45) is 2.35. The van der Waals surface area contributed by atoms with Gasteiger partial charge in [0.05, 0.1) is 24.6 Å². The first kappa shape index (κ1) is 21.6. The zero-order chi connectivity index (χ0) is 22.2. The normalized spacial score (nSPS) is 27.5. The van der Waals surface area contributed by atoms with Crippen molar-refractivity contribution in [1.82, 2.24) is 5.32 Å². The van der Waals surface area contributed by atoms with Gasteiger partial charge in [0.2, 0.25) is 11.8 Å².